The third kappa shape index (κ3) is 3.88. The number of primary amides is 1. The van der Waals surface area contributed by atoms with Crippen molar-refractivity contribution < 1.29 is 4.79 Å². The summed E-state index contributed by atoms with van der Waals surface area (Å²) in [4.78, 5) is 13.4. The second-order valence-electron chi connectivity index (χ2n) is 4.86. The Kier molecular flexibility index (Phi) is 5.67. The van der Waals surface area contributed by atoms with E-state index in [2.05, 4.69) is 25.7 Å². The highest BCUT2D eigenvalue weighted by Crippen LogP contribution is 2.26. The van der Waals surface area contributed by atoms with Crippen molar-refractivity contribution in [2.75, 3.05) is 23.7 Å². The summed E-state index contributed by atoms with van der Waals surface area (Å²) in [5.74, 6) is 0.219. The second-order valence-corrected chi connectivity index (χ2v) is 4.86. The van der Waals surface area contributed by atoms with Gasteiger partial charge in [0.2, 0.25) is 5.91 Å². The van der Waals surface area contributed by atoms with Crippen LogP contribution >= 0.6 is 0 Å². The normalized spacial score (nSPS) is 10.7. The summed E-state index contributed by atoms with van der Waals surface area (Å²) in [6.45, 7) is 8.42. The summed E-state index contributed by atoms with van der Waals surface area (Å²) in [6.07, 6.45) is 2.32. The Balaban J connectivity index is 2.95. The molecule has 106 valence electrons. The quantitative estimate of drug-likeness (QED) is 0.743. The number of hydrogen-bond acceptors (Lipinski definition) is 3. The summed E-state index contributed by atoms with van der Waals surface area (Å²) in [7, 11) is 0. The van der Waals surface area contributed by atoms with Crippen LogP contribution in [0, 0.1) is 5.92 Å². The van der Waals surface area contributed by atoms with Crippen LogP contribution in [0.5, 0.6) is 0 Å². The lowest BCUT2D eigenvalue weighted by atomic mass is 10.0. The van der Waals surface area contributed by atoms with Crippen LogP contribution < -0.4 is 16.4 Å². The highest BCUT2D eigenvalue weighted by atomic mass is 16.1. The van der Waals surface area contributed by atoms with Crippen LogP contribution in [0.4, 0.5) is 11.4 Å². The number of carbonyl (C=O) groups is 1. The van der Waals surface area contributed by atoms with E-state index < -0.39 is 5.91 Å². The summed E-state index contributed by atoms with van der Waals surface area (Å²) < 4.78 is 0. The van der Waals surface area contributed by atoms with Crippen LogP contribution in [0.15, 0.2) is 18.2 Å². The van der Waals surface area contributed by atoms with Crippen molar-refractivity contribution in [3.8, 4) is 0 Å². The van der Waals surface area contributed by atoms with Crippen LogP contribution in [-0.2, 0) is 0 Å². The van der Waals surface area contributed by atoms with Gasteiger partial charge in [0, 0.05) is 18.7 Å². The number of nitrogen functional groups attached to an aromatic ring is 1. The van der Waals surface area contributed by atoms with Crippen molar-refractivity contribution >= 4 is 17.3 Å². The number of nitrogens with zero attached hydrogens (tertiary/aromatic N) is 1. The molecule has 0 radical (unpaired) electrons. The summed E-state index contributed by atoms with van der Waals surface area (Å²) in [5.41, 5.74) is 13.4. The van der Waals surface area contributed by atoms with Gasteiger partial charge >= 0.3 is 0 Å². The molecule has 0 heterocycles. The topological polar surface area (TPSA) is 72.3 Å². The van der Waals surface area contributed by atoms with Gasteiger partial charge in [-0.2, -0.15) is 0 Å². The van der Waals surface area contributed by atoms with Crippen molar-refractivity contribution in [2.45, 2.75) is 33.6 Å². The number of hydrogen-bond donors (Lipinski definition) is 2. The van der Waals surface area contributed by atoms with Crippen LogP contribution in [0.25, 0.3) is 0 Å². The van der Waals surface area contributed by atoms with Gasteiger partial charge in [0.15, 0.2) is 0 Å². The molecule has 19 heavy (non-hydrogen) atoms. The van der Waals surface area contributed by atoms with Gasteiger partial charge in [-0.05, 0) is 31.0 Å². The average Bonchev–Trinajstić information content (AvgIpc) is 2.41. The first kappa shape index (κ1) is 15.3. The zero-order chi connectivity index (χ0) is 14.4. The van der Waals surface area contributed by atoms with E-state index >= 15 is 0 Å². The lowest BCUT2D eigenvalue weighted by molar-refractivity contribution is 0.100. The first-order valence-corrected chi connectivity index (χ1v) is 6.97. The molecule has 0 bridgehead atoms. The molecule has 4 heteroatoms. The van der Waals surface area contributed by atoms with Crippen molar-refractivity contribution in [1.29, 1.82) is 0 Å². The maximum atomic E-state index is 11.1. The van der Waals surface area contributed by atoms with Crippen molar-refractivity contribution in [3.05, 3.63) is 23.8 Å². The van der Waals surface area contributed by atoms with Crippen LogP contribution in [0.1, 0.15) is 44.0 Å². The molecule has 1 rings (SSSR count). The molecule has 0 unspecified atom stereocenters. The first-order valence-electron chi connectivity index (χ1n) is 6.97. The molecule has 0 saturated heterocycles. The molecule has 0 saturated carbocycles. The third-order valence-corrected chi connectivity index (χ3v) is 3.67. The van der Waals surface area contributed by atoms with E-state index in [0.29, 0.717) is 17.2 Å². The van der Waals surface area contributed by atoms with Crippen molar-refractivity contribution in [2.24, 2.45) is 11.7 Å². The molecule has 0 aliphatic rings. The van der Waals surface area contributed by atoms with Gasteiger partial charge in [0.1, 0.15) is 0 Å². The predicted molar refractivity (Wildman–Crippen MR) is 81.3 cm³/mol. The fourth-order valence-electron chi connectivity index (χ4n) is 2.25. The fourth-order valence-corrected chi connectivity index (χ4v) is 2.25. The zero-order valence-corrected chi connectivity index (χ0v) is 12.1. The largest absolute Gasteiger partial charge is 0.397 e. The Hall–Kier alpha value is -1.71. The number of nitrogens with two attached hydrogens (primary N) is 2. The van der Waals surface area contributed by atoms with Gasteiger partial charge < -0.3 is 16.4 Å². The number of amides is 1. The fraction of sp³-hybridized carbons (Fsp3) is 0.533. The molecule has 0 aliphatic carbocycles. The van der Waals surface area contributed by atoms with E-state index in [1.807, 2.05) is 6.07 Å². The molecule has 4 N–H and O–H groups in total. The second kappa shape index (κ2) is 7.02. The molecular formula is C15H25N3O. The summed E-state index contributed by atoms with van der Waals surface area (Å²) in [6, 6.07) is 5.29. The Morgan fingerprint density at radius 3 is 2.32 bits per heavy atom. The van der Waals surface area contributed by atoms with E-state index in [9.17, 15) is 4.79 Å². The Morgan fingerprint density at radius 2 is 1.89 bits per heavy atom. The summed E-state index contributed by atoms with van der Waals surface area (Å²) >= 11 is 0. The van der Waals surface area contributed by atoms with Crippen molar-refractivity contribution in [3.63, 3.8) is 0 Å². The maximum Gasteiger partial charge on any atom is 0.248 e. The SMILES string of the molecule is CCC(CC)CN(CC)c1ccc(C(N)=O)cc1N. The number of anilines is 2. The van der Waals surface area contributed by atoms with E-state index in [0.717, 1.165) is 31.6 Å². The molecule has 0 aromatic heterocycles. The minimum atomic E-state index is -0.443. The predicted octanol–water partition coefficient (Wildman–Crippen LogP) is 2.63. The Labute approximate surface area is 115 Å². The Morgan fingerprint density at radius 1 is 1.26 bits per heavy atom. The maximum absolute atomic E-state index is 11.1. The molecule has 0 atom stereocenters. The highest BCUT2D eigenvalue weighted by molar-refractivity contribution is 5.94. The molecule has 1 aromatic rings. The molecule has 0 spiro atoms. The number of rotatable bonds is 7. The molecule has 0 aliphatic heterocycles. The molecule has 4 nitrogen and oxygen atoms in total. The average molecular weight is 263 g/mol. The van der Waals surface area contributed by atoms with Gasteiger partial charge in [0.05, 0.1) is 11.4 Å². The van der Waals surface area contributed by atoms with Gasteiger partial charge in [-0.25, -0.2) is 0 Å². The molecular weight excluding hydrogens is 238 g/mol. The van der Waals surface area contributed by atoms with E-state index in [4.69, 9.17) is 11.5 Å². The minimum Gasteiger partial charge on any atom is -0.397 e. The zero-order valence-electron chi connectivity index (χ0n) is 12.1. The van der Waals surface area contributed by atoms with Crippen LogP contribution in [0.3, 0.4) is 0 Å². The van der Waals surface area contributed by atoms with Crippen LogP contribution in [0.2, 0.25) is 0 Å². The lowest BCUT2D eigenvalue weighted by Gasteiger charge is -2.28. The number of benzene rings is 1. The van der Waals surface area contributed by atoms with Gasteiger partial charge in [-0.15, -0.1) is 0 Å². The molecule has 0 fully saturated rings. The standard InChI is InChI=1S/C15H25N3O/c1-4-11(5-2)10-18(6-3)14-8-7-12(15(17)19)9-13(14)16/h7-9,11H,4-6,10,16H2,1-3H3,(H2,17,19). The first-order chi connectivity index (χ1) is 9.03. The molecule has 1 aromatic carbocycles. The van der Waals surface area contributed by atoms with Crippen LogP contribution in [-0.4, -0.2) is 19.0 Å². The lowest BCUT2D eigenvalue weighted by Crippen LogP contribution is -2.29. The third-order valence-electron chi connectivity index (χ3n) is 3.67. The van der Waals surface area contributed by atoms with Gasteiger partial charge in [-0.3, -0.25) is 4.79 Å². The smallest absolute Gasteiger partial charge is 0.248 e. The van der Waals surface area contributed by atoms with E-state index in [1.54, 1.807) is 12.1 Å². The van der Waals surface area contributed by atoms with Crippen molar-refractivity contribution in [1.82, 2.24) is 0 Å². The molecule has 1 amide bonds. The van der Waals surface area contributed by atoms with E-state index in [1.165, 1.54) is 0 Å². The van der Waals surface area contributed by atoms with Gasteiger partial charge in [0.25, 0.3) is 0 Å². The summed E-state index contributed by atoms with van der Waals surface area (Å²) in [5, 5.41) is 0. The van der Waals surface area contributed by atoms with E-state index in [-0.39, 0.29) is 0 Å². The monoisotopic (exact) mass is 263 g/mol. The number of carbonyl (C=O) groups excluding carboxylic acids is 1. The van der Waals surface area contributed by atoms with Gasteiger partial charge in [-0.1, -0.05) is 26.7 Å². The Bertz CT molecular complexity index is 427. The highest BCUT2D eigenvalue weighted by Gasteiger charge is 2.14. The minimum absolute atomic E-state index is 0.443.